The zero-order chi connectivity index (χ0) is 28.1. The smallest absolute Gasteiger partial charge is 0.321 e. The van der Waals surface area contributed by atoms with Crippen LogP contribution in [0.2, 0.25) is 0 Å². The first-order valence-electron chi connectivity index (χ1n) is 15.3. The second kappa shape index (κ2) is 13.5. The highest BCUT2D eigenvalue weighted by molar-refractivity contribution is 5.74. The van der Waals surface area contributed by atoms with E-state index in [1.807, 2.05) is 6.07 Å². The lowest BCUT2D eigenvalue weighted by Gasteiger charge is -2.35. The van der Waals surface area contributed by atoms with Gasteiger partial charge in [-0.3, -0.25) is 9.69 Å². The molecule has 2 aliphatic heterocycles. The Morgan fingerprint density at radius 3 is 2.40 bits per heavy atom. The van der Waals surface area contributed by atoms with E-state index < -0.39 is 23.6 Å². The number of hydrogen-bond donors (Lipinski definition) is 1. The Labute approximate surface area is 236 Å². The molecule has 1 N–H and O–H groups in total. The highest BCUT2D eigenvalue weighted by Gasteiger charge is 2.43. The highest BCUT2D eigenvalue weighted by atomic mass is 19.2. The molecular weight excluding hydrogens is 513 g/mol. The molecule has 40 heavy (non-hydrogen) atoms. The van der Waals surface area contributed by atoms with Gasteiger partial charge in [-0.2, -0.15) is 0 Å². The minimum Gasteiger partial charge on any atom is -0.480 e. The van der Waals surface area contributed by atoms with Gasteiger partial charge in [0.05, 0.1) is 0 Å². The molecule has 1 aliphatic carbocycles. The minimum absolute atomic E-state index is 0.120. The van der Waals surface area contributed by atoms with Crippen molar-refractivity contribution < 1.29 is 23.1 Å². The number of nitrogens with zero attached hydrogens (tertiary/aromatic N) is 2. The lowest BCUT2D eigenvalue weighted by molar-refractivity contribution is -0.145. The summed E-state index contributed by atoms with van der Waals surface area (Å²) in [7, 11) is 0. The fourth-order valence-electron chi connectivity index (χ4n) is 7.62. The average molecular weight is 557 g/mol. The molecule has 3 aliphatic rings. The van der Waals surface area contributed by atoms with E-state index >= 15 is 0 Å². The summed E-state index contributed by atoms with van der Waals surface area (Å²) in [5.41, 5.74) is 1.82. The zero-order valence-electron chi connectivity index (χ0n) is 23.4. The van der Waals surface area contributed by atoms with E-state index in [0.717, 1.165) is 95.1 Å². The van der Waals surface area contributed by atoms with E-state index in [1.54, 1.807) is 18.2 Å². The average Bonchev–Trinajstić information content (AvgIpc) is 3.35. The first kappa shape index (κ1) is 29.1. The minimum atomic E-state index is -0.798. The number of likely N-dealkylation sites (tertiary alicyclic amines) is 2. The molecule has 0 aromatic heterocycles. The molecule has 0 bridgehead atoms. The van der Waals surface area contributed by atoms with Crippen LogP contribution in [0.25, 0.3) is 0 Å². The van der Waals surface area contributed by atoms with Gasteiger partial charge in [0.1, 0.15) is 11.9 Å². The standard InChI is InChI=1S/C33H43F3N2O2/c34-28-11-5-10-26(19-28)29-22-38(32(33(39)40)25-8-2-1-3-9-25)21-27(29)20-37-16-14-23(15-17-37)6-4-7-24-12-13-30(35)31(36)18-24/h5,10-13,18-19,23,25,27,29,32H,1-4,6-9,14-17,20-22H2,(H,39,40)/t27-,29+,32+/m0/s1. The Balaban J connectivity index is 1.18. The second-order valence-electron chi connectivity index (χ2n) is 12.4. The first-order chi connectivity index (χ1) is 19.4. The number of carboxylic acids is 1. The number of aliphatic carboxylic acids is 1. The Hall–Kier alpha value is -2.38. The van der Waals surface area contributed by atoms with Crippen LogP contribution in [0.4, 0.5) is 13.2 Å². The Morgan fingerprint density at radius 2 is 1.70 bits per heavy atom. The molecule has 0 spiro atoms. The second-order valence-corrected chi connectivity index (χ2v) is 12.4. The summed E-state index contributed by atoms with van der Waals surface area (Å²) < 4.78 is 40.9. The summed E-state index contributed by atoms with van der Waals surface area (Å²) in [6.07, 6.45) is 10.4. The highest BCUT2D eigenvalue weighted by Crippen LogP contribution is 2.39. The van der Waals surface area contributed by atoms with Crippen molar-refractivity contribution in [2.45, 2.75) is 76.2 Å². The van der Waals surface area contributed by atoms with Crippen LogP contribution in [-0.2, 0) is 11.2 Å². The van der Waals surface area contributed by atoms with E-state index in [0.29, 0.717) is 12.5 Å². The Bertz CT molecular complexity index is 1130. The molecule has 2 aromatic carbocycles. The molecule has 218 valence electrons. The summed E-state index contributed by atoms with van der Waals surface area (Å²) in [5, 5.41) is 10.2. The van der Waals surface area contributed by atoms with Crippen LogP contribution in [0, 0.1) is 35.2 Å². The van der Waals surface area contributed by atoms with Gasteiger partial charge in [0, 0.05) is 25.6 Å². The van der Waals surface area contributed by atoms with Crippen molar-refractivity contribution in [3.63, 3.8) is 0 Å². The van der Waals surface area contributed by atoms with E-state index in [2.05, 4.69) is 9.80 Å². The molecule has 0 unspecified atom stereocenters. The molecule has 3 fully saturated rings. The van der Waals surface area contributed by atoms with Gasteiger partial charge in [-0.05, 0) is 105 Å². The first-order valence-corrected chi connectivity index (χ1v) is 15.3. The molecule has 5 rings (SSSR count). The summed E-state index contributed by atoms with van der Waals surface area (Å²) in [6, 6.07) is 10.6. The van der Waals surface area contributed by atoms with Crippen LogP contribution in [0.3, 0.4) is 0 Å². The van der Waals surface area contributed by atoms with Gasteiger partial charge >= 0.3 is 5.97 Å². The van der Waals surface area contributed by atoms with Crippen molar-refractivity contribution in [2.24, 2.45) is 17.8 Å². The number of aryl methyl sites for hydroxylation is 1. The molecule has 0 radical (unpaired) electrons. The third kappa shape index (κ3) is 7.27. The number of benzene rings is 2. The summed E-state index contributed by atoms with van der Waals surface area (Å²) in [4.78, 5) is 17.2. The van der Waals surface area contributed by atoms with Crippen molar-refractivity contribution in [1.29, 1.82) is 0 Å². The SMILES string of the molecule is O=C(O)[C@@H](C1CCCCC1)N1C[C@H](CN2CCC(CCCc3ccc(F)c(F)c3)CC2)[C@@H](c2cccc(F)c2)C1. The van der Waals surface area contributed by atoms with Gasteiger partial charge in [-0.1, -0.05) is 43.9 Å². The number of rotatable bonds is 10. The summed E-state index contributed by atoms with van der Waals surface area (Å²) in [6.45, 7) is 4.32. The van der Waals surface area contributed by atoms with Gasteiger partial charge in [-0.25, -0.2) is 13.2 Å². The van der Waals surface area contributed by atoms with Crippen LogP contribution >= 0.6 is 0 Å². The van der Waals surface area contributed by atoms with Gasteiger partial charge in [0.2, 0.25) is 0 Å². The molecule has 2 aromatic rings. The van der Waals surface area contributed by atoms with Gasteiger partial charge in [0.15, 0.2) is 11.6 Å². The van der Waals surface area contributed by atoms with E-state index in [4.69, 9.17) is 0 Å². The molecule has 7 heteroatoms. The lowest BCUT2D eigenvalue weighted by Crippen LogP contribution is -2.46. The quantitative estimate of drug-likeness (QED) is 0.346. The molecular formula is C33H43F3N2O2. The third-order valence-corrected chi connectivity index (χ3v) is 9.75. The van der Waals surface area contributed by atoms with Crippen molar-refractivity contribution >= 4 is 5.97 Å². The van der Waals surface area contributed by atoms with E-state index in [9.17, 15) is 23.1 Å². The summed E-state index contributed by atoms with van der Waals surface area (Å²) in [5.74, 6) is -1.32. The normalized spacial score (nSPS) is 24.4. The number of carbonyl (C=O) groups is 1. The zero-order valence-corrected chi connectivity index (χ0v) is 23.4. The van der Waals surface area contributed by atoms with Gasteiger partial charge in [-0.15, -0.1) is 0 Å². The van der Waals surface area contributed by atoms with Crippen LogP contribution in [0.15, 0.2) is 42.5 Å². The fraction of sp³-hybridized carbons (Fsp3) is 0.606. The van der Waals surface area contributed by atoms with Gasteiger partial charge in [0.25, 0.3) is 0 Å². The molecule has 1 saturated carbocycles. The third-order valence-electron chi connectivity index (χ3n) is 9.75. The largest absolute Gasteiger partial charge is 0.480 e. The molecule has 2 heterocycles. The maximum Gasteiger partial charge on any atom is 0.321 e. The van der Waals surface area contributed by atoms with Crippen LogP contribution < -0.4 is 0 Å². The van der Waals surface area contributed by atoms with Crippen molar-refractivity contribution in [3.05, 3.63) is 71.0 Å². The maximum absolute atomic E-state index is 14.2. The molecule has 4 nitrogen and oxygen atoms in total. The topological polar surface area (TPSA) is 43.8 Å². The predicted octanol–water partition coefficient (Wildman–Crippen LogP) is 6.89. The van der Waals surface area contributed by atoms with E-state index in [1.165, 1.54) is 24.6 Å². The molecule has 0 amide bonds. The molecule has 2 saturated heterocycles. The van der Waals surface area contributed by atoms with Crippen LogP contribution in [-0.4, -0.2) is 59.6 Å². The van der Waals surface area contributed by atoms with Crippen LogP contribution in [0.1, 0.15) is 74.8 Å². The van der Waals surface area contributed by atoms with Crippen molar-refractivity contribution in [2.75, 3.05) is 32.7 Å². The van der Waals surface area contributed by atoms with Crippen molar-refractivity contribution in [1.82, 2.24) is 9.80 Å². The monoisotopic (exact) mass is 556 g/mol. The van der Waals surface area contributed by atoms with Crippen LogP contribution in [0.5, 0.6) is 0 Å². The number of carboxylic acid groups (broad SMARTS) is 1. The predicted molar refractivity (Wildman–Crippen MR) is 151 cm³/mol. The van der Waals surface area contributed by atoms with Crippen molar-refractivity contribution in [3.8, 4) is 0 Å². The van der Waals surface area contributed by atoms with Gasteiger partial charge < -0.3 is 10.0 Å². The Kier molecular flexibility index (Phi) is 9.84. The number of piperidine rings is 1. The lowest BCUT2D eigenvalue weighted by atomic mass is 9.83. The summed E-state index contributed by atoms with van der Waals surface area (Å²) >= 11 is 0. The fourth-order valence-corrected chi connectivity index (χ4v) is 7.62. The number of hydrogen-bond acceptors (Lipinski definition) is 3. The molecule has 3 atom stereocenters. The number of halogens is 3. The Morgan fingerprint density at radius 1 is 0.925 bits per heavy atom. The maximum atomic E-state index is 14.2. The van der Waals surface area contributed by atoms with E-state index in [-0.39, 0.29) is 23.6 Å².